The molecule has 3 N–H and O–H groups in total. The number of aliphatic hydroxyl groups is 3. The molecule has 1 atom stereocenters. The predicted molar refractivity (Wildman–Crippen MR) is 134 cm³/mol. The van der Waals surface area contributed by atoms with Gasteiger partial charge in [-0.3, -0.25) is 4.90 Å². The molecule has 0 unspecified atom stereocenters. The van der Waals surface area contributed by atoms with Gasteiger partial charge in [-0.25, -0.2) is 4.39 Å². The van der Waals surface area contributed by atoms with E-state index in [-0.39, 0.29) is 31.4 Å². The van der Waals surface area contributed by atoms with Gasteiger partial charge >= 0.3 is 0 Å². The van der Waals surface area contributed by atoms with Crippen molar-refractivity contribution in [3.63, 3.8) is 0 Å². The second kappa shape index (κ2) is 11.2. The number of anilines is 1. The van der Waals surface area contributed by atoms with Crippen molar-refractivity contribution in [2.45, 2.75) is 11.8 Å². The van der Waals surface area contributed by atoms with Gasteiger partial charge in [0.15, 0.2) is 0 Å². The fraction of sp³-hybridized carbons (Fsp3) is 0.296. The lowest BCUT2D eigenvalue weighted by Gasteiger charge is -2.44. The highest BCUT2D eigenvalue weighted by Crippen LogP contribution is 2.35. The van der Waals surface area contributed by atoms with Crippen LogP contribution in [0.2, 0.25) is 5.02 Å². The Morgan fingerprint density at radius 2 is 1.78 bits per heavy atom. The molecule has 1 fully saturated rings. The maximum atomic E-state index is 15.1. The predicted octanol–water partition coefficient (Wildman–Crippen LogP) is 3.42. The van der Waals surface area contributed by atoms with Crippen molar-refractivity contribution < 1.29 is 24.4 Å². The Labute approximate surface area is 214 Å². The van der Waals surface area contributed by atoms with Crippen LogP contribution in [-0.2, 0) is 5.79 Å². The maximum absolute atomic E-state index is 15.1. The minimum absolute atomic E-state index is 0.0623. The topological polar surface area (TPSA) is 100 Å². The molecule has 0 spiro atoms. The number of ether oxygens (including phenoxy) is 1. The third-order valence-corrected chi connectivity index (χ3v) is 6.48. The standard InChI is InChI=1S/C27H27ClFN3O4/c28-22-7-3-20(4-8-22)26-17-31(18-27(34,35)21-5-1-19(16-30)2-6-21)11-12-32(26)25-10-9-23(15-24(25)29)36-14-13-33/h1-10,15,26,33-35H,11-14,17-18H2/t26-/m0/s1. The van der Waals surface area contributed by atoms with E-state index >= 15 is 4.39 Å². The van der Waals surface area contributed by atoms with Crippen LogP contribution in [0.15, 0.2) is 66.7 Å². The van der Waals surface area contributed by atoms with Crippen LogP contribution in [0.3, 0.4) is 0 Å². The van der Waals surface area contributed by atoms with E-state index in [2.05, 4.69) is 0 Å². The van der Waals surface area contributed by atoms with E-state index in [4.69, 9.17) is 26.7 Å². The summed E-state index contributed by atoms with van der Waals surface area (Å²) in [5.74, 6) is -2.24. The summed E-state index contributed by atoms with van der Waals surface area (Å²) in [6.07, 6.45) is 0. The van der Waals surface area contributed by atoms with E-state index in [1.807, 2.05) is 28.0 Å². The van der Waals surface area contributed by atoms with Gasteiger partial charge in [-0.05, 0) is 42.0 Å². The van der Waals surface area contributed by atoms with Crippen LogP contribution in [0.5, 0.6) is 5.75 Å². The van der Waals surface area contributed by atoms with Gasteiger partial charge in [0.25, 0.3) is 0 Å². The molecule has 0 aliphatic carbocycles. The Morgan fingerprint density at radius 3 is 2.42 bits per heavy atom. The summed E-state index contributed by atoms with van der Waals surface area (Å²) in [7, 11) is 0. The molecule has 0 amide bonds. The van der Waals surface area contributed by atoms with E-state index in [1.165, 1.54) is 18.2 Å². The van der Waals surface area contributed by atoms with Gasteiger partial charge in [-0.1, -0.05) is 35.9 Å². The van der Waals surface area contributed by atoms with Gasteiger partial charge in [0.1, 0.15) is 18.2 Å². The zero-order valence-electron chi connectivity index (χ0n) is 19.5. The molecule has 3 aromatic rings. The molecule has 36 heavy (non-hydrogen) atoms. The summed E-state index contributed by atoms with van der Waals surface area (Å²) in [6.45, 7) is 1.16. The highest BCUT2D eigenvalue weighted by molar-refractivity contribution is 6.30. The van der Waals surface area contributed by atoms with Crippen molar-refractivity contribution in [1.82, 2.24) is 4.90 Å². The largest absolute Gasteiger partial charge is 0.491 e. The first-order valence-electron chi connectivity index (χ1n) is 11.5. The monoisotopic (exact) mass is 511 g/mol. The molecule has 1 aliphatic heterocycles. The Kier molecular flexibility index (Phi) is 8.09. The number of β-amino-alcohol motifs (C(OH)–C–C–N with tert-alkyl or cyclic N) is 2. The van der Waals surface area contributed by atoms with Gasteiger partial charge < -0.3 is 25.0 Å². The first-order chi connectivity index (χ1) is 17.3. The summed E-state index contributed by atoms with van der Waals surface area (Å²) in [4.78, 5) is 3.87. The van der Waals surface area contributed by atoms with Crippen LogP contribution in [-0.4, -0.2) is 59.6 Å². The van der Waals surface area contributed by atoms with E-state index < -0.39 is 11.6 Å². The molecular weight excluding hydrogens is 485 g/mol. The summed E-state index contributed by atoms with van der Waals surface area (Å²) in [5.41, 5.74) is 2.03. The third-order valence-electron chi connectivity index (χ3n) is 6.23. The van der Waals surface area contributed by atoms with Crippen molar-refractivity contribution in [1.29, 1.82) is 5.26 Å². The average Bonchev–Trinajstić information content (AvgIpc) is 2.88. The lowest BCUT2D eigenvalue weighted by Crippen LogP contribution is -2.52. The molecule has 0 aromatic heterocycles. The van der Waals surface area contributed by atoms with E-state index in [0.29, 0.717) is 41.7 Å². The second-order valence-electron chi connectivity index (χ2n) is 8.69. The van der Waals surface area contributed by atoms with Crippen molar-refractivity contribution in [2.24, 2.45) is 0 Å². The molecular formula is C27H27ClFN3O4. The first kappa shape index (κ1) is 25.9. The van der Waals surface area contributed by atoms with Crippen molar-refractivity contribution in [2.75, 3.05) is 44.3 Å². The first-order valence-corrected chi connectivity index (χ1v) is 11.9. The summed E-state index contributed by atoms with van der Waals surface area (Å²) >= 11 is 6.09. The fourth-order valence-electron chi connectivity index (χ4n) is 4.43. The Bertz CT molecular complexity index is 1220. The van der Waals surface area contributed by atoms with Gasteiger partial charge in [-0.15, -0.1) is 0 Å². The zero-order valence-corrected chi connectivity index (χ0v) is 20.3. The number of rotatable bonds is 8. The Hall–Kier alpha value is -3.19. The Balaban J connectivity index is 1.58. The highest BCUT2D eigenvalue weighted by Gasteiger charge is 2.35. The van der Waals surface area contributed by atoms with Crippen LogP contribution >= 0.6 is 11.6 Å². The van der Waals surface area contributed by atoms with Crippen molar-refractivity contribution in [3.8, 4) is 11.8 Å². The molecule has 0 saturated carbocycles. The number of hydrogen-bond acceptors (Lipinski definition) is 7. The van der Waals surface area contributed by atoms with Gasteiger partial charge in [0, 0.05) is 36.3 Å². The maximum Gasteiger partial charge on any atom is 0.203 e. The molecule has 188 valence electrons. The van der Waals surface area contributed by atoms with Gasteiger partial charge in [0.2, 0.25) is 5.79 Å². The smallest absolute Gasteiger partial charge is 0.203 e. The van der Waals surface area contributed by atoms with Crippen LogP contribution in [0.4, 0.5) is 10.1 Å². The van der Waals surface area contributed by atoms with Gasteiger partial charge in [-0.2, -0.15) is 5.26 Å². The van der Waals surface area contributed by atoms with E-state index in [9.17, 15) is 10.2 Å². The highest BCUT2D eigenvalue weighted by atomic mass is 35.5. The number of piperazine rings is 1. The molecule has 9 heteroatoms. The van der Waals surface area contributed by atoms with E-state index in [0.717, 1.165) is 5.56 Å². The van der Waals surface area contributed by atoms with Crippen molar-refractivity contribution in [3.05, 3.63) is 94.3 Å². The second-order valence-corrected chi connectivity index (χ2v) is 9.12. The lowest BCUT2D eigenvalue weighted by atomic mass is 9.99. The summed E-state index contributed by atoms with van der Waals surface area (Å²) in [5, 5.41) is 40.2. The average molecular weight is 512 g/mol. The minimum atomic E-state index is -2.13. The van der Waals surface area contributed by atoms with Crippen LogP contribution in [0, 0.1) is 17.1 Å². The molecule has 1 aliphatic rings. The molecule has 1 heterocycles. The van der Waals surface area contributed by atoms with Crippen LogP contribution < -0.4 is 9.64 Å². The fourth-order valence-corrected chi connectivity index (χ4v) is 4.56. The quantitative estimate of drug-likeness (QED) is 0.398. The Morgan fingerprint density at radius 1 is 1.06 bits per heavy atom. The SMILES string of the molecule is N#Cc1ccc(C(O)(O)CN2CCN(c3ccc(OCCO)cc3F)[C@H](c3ccc(Cl)cc3)C2)cc1. The number of halogens is 2. The van der Waals surface area contributed by atoms with Crippen LogP contribution in [0.25, 0.3) is 0 Å². The third kappa shape index (κ3) is 5.95. The molecule has 7 nitrogen and oxygen atoms in total. The van der Waals surface area contributed by atoms with Crippen molar-refractivity contribution >= 4 is 17.3 Å². The number of nitriles is 1. The zero-order chi connectivity index (χ0) is 25.7. The molecule has 0 bridgehead atoms. The number of hydrogen-bond donors (Lipinski definition) is 3. The molecule has 4 rings (SSSR count). The number of nitrogens with zero attached hydrogens (tertiary/aromatic N) is 3. The number of benzene rings is 3. The minimum Gasteiger partial charge on any atom is -0.491 e. The van der Waals surface area contributed by atoms with E-state index in [1.54, 1.807) is 36.4 Å². The summed E-state index contributed by atoms with van der Waals surface area (Å²) < 4.78 is 20.5. The molecule has 0 radical (unpaired) electrons. The molecule has 1 saturated heterocycles. The van der Waals surface area contributed by atoms with Gasteiger partial charge in [0.05, 0.1) is 36.5 Å². The van der Waals surface area contributed by atoms with Crippen LogP contribution in [0.1, 0.15) is 22.7 Å². The summed E-state index contributed by atoms with van der Waals surface area (Å²) in [6, 6.07) is 19.8. The molecule has 3 aromatic carbocycles. The number of aliphatic hydroxyl groups excluding tert-OH is 1. The lowest BCUT2D eigenvalue weighted by molar-refractivity contribution is -0.184. The normalized spacial score (nSPS) is 16.6.